The summed E-state index contributed by atoms with van der Waals surface area (Å²) in [5.74, 6) is 1.09. The van der Waals surface area contributed by atoms with Gasteiger partial charge in [0.15, 0.2) is 11.5 Å². The summed E-state index contributed by atoms with van der Waals surface area (Å²) in [5.41, 5.74) is 4.04. The van der Waals surface area contributed by atoms with Crippen LogP contribution in [0.3, 0.4) is 0 Å². The van der Waals surface area contributed by atoms with Crippen LogP contribution in [0.15, 0.2) is 23.3 Å². The molecule has 2 rings (SSSR count). The number of benzene rings is 1. The van der Waals surface area contributed by atoms with Crippen LogP contribution >= 0.6 is 11.3 Å². The van der Waals surface area contributed by atoms with Crippen LogP contribution < -0.4 is 14.9 Å². The summed E-state index contributed by atoms with van der Waals surface area (Å²) < 4.78 is 11.1. The van der Waals surface area contributed by atoms with Crippen LogP contribution in [0, 0.1) is 13.8 Å². The molecule has 0 aliphatic rings. The molecule has 0 saturated heterocycles. The molecule has 6 nitrogen and oxygen atoms in total. The van der Waals surface area contributed by atoms with E-state index < -0.39 is 0 Å². The van der Waals surface area contributed by atoms with E-state index >= 15 is 0 Å². The summed E-state index contributed by atoms with van der Waals surface area (Å²) >= 11 is 1.35. The Morgan fingerprint density at radius 1 is 1.25 bits per heavy atom. The van der Waals surface area contributed by atoms with Gasteiger partial charge in [0.1, 0.15) is 4.88 Å². The van der Waals surface area contributed by atoms with Gasteiger partial charge in [-0.25, -0.2) is 10.4 Å². The maximum absolute atomic E-state index is 12.1. The van der Waals surface area contributed by atoms with Crippen LogP contribution in [0.5, 0.6) is 11.5 Å². The Balaban J connectivity index is 2.07. The van der Waals surface area contributed by atoms with E-state index in [1.54, 1.807) is 6.21 Å². The molecule has 0 unspecified atom stereocenters. The summed E-state index contributed by atoms with van der Waals surface area (Å²) in [4.78, 5) is 16.9. The molecule has 0 saturated carbocycles. The Morgan fingerprint density at radius 3 is 2.58 bits per heavy atom. The first kappa shape index (κ1) is 17.9. The van der Waals surface area contributed by atoms with E-state index in [0.717, 1.165) is 10.6 Å². The number of ether oxygens (including phenoxy) is 2. The van der Waals surface area contributed by atoms with Gasteiger partial charge in [0.05, 0.1) is 30.1 Å². The Bertz CT molecular complexity index is 741. The van der Waals surface area contributed by atoms with Crippen molar-refractivity contribution in [1.82, 2.24) is 10.4 Å². The molecule has 0 bridgehead atoms. The lowest BCUT2D eigenvalue weighted by Crippen LogP contribution is -2.17. The highest BCUT2D eigenvalue weighted by atomic mass is 32.1. The molecule has 1 heterocycles. The first-order valence-electron chi connectivity index (χ1n) is 7.72. The average molecular weight is 347 g/mol. The largest absolute Gasteiger partial charge is 0.490 e. The Morgan fingerprint density at radius 2 is 1.96 bits per heavy atom. The van der Waals surface area contributed by atoms with Crippen molar-refractivity contribution >= 4 is 23.5 Å². The molecule has 0 aliphatic carbocycles. The van der Waals surface area contributed by atoms with Crippen LogP contribution in [0.2, 0.25) is 0 Å². The summed E-state index contributed by atoms with van der Waals surface area (Å²) in [6.07, 6.45) is 1.57. The molecule has 7 heteroatoms. The van der Waals surface area contributed by atoms with E-state index in [1.165, 1.54) is 11.3 Å². The van der Waals surface area contributed by atoms with Crippen LogP contribution in [0.25, 0.3) is 0 Å². The molecule has 0 spiro atoms. The van der Waals surface area contributed by atoms with Gasteiger partial charge in [-0.05, 0) is 51.5 Å². The molecule has 1 amide bonds. The number of nitrogens with zero attached hydrogens (tertiary/aromatic N) is 2. The van der Waals surface area contributed by atoms with Crippen molar-refractivity contribution in [3.8, 4) is 11.5 Å². The number of carbonyl (C=O) groups is 1. The number of nitrogens with one attached hydrogen (secondary N) is 1. The maximum Gasteiger partial charge on any atom is 0.283 e. The first-order chi connectivity index (χ1) is 11.5. The van der Waals surface area contributed by atoms with E-state index in [-0.39, 0.29) is 5.91 Å². The van der Waals surface area contributed by atoms with Crippen molar-refractivity contribution in [3.05, 3.63) is 39.3 Å². The zero-order chi connectivity index (χ0) is 17.5. The van der Waals surface area contributed by atoms with Crippen LogP contribution in [-0.4, -0.2) is 30.3 Å². The molecule has 0 aliphatic heterocycles. The van der Waals surface area contributed by atoms with Gasteiger partial charge in [-0.3, -0.25) is 4.79 Å². The van der Waals surface area contributed by atoms with Gasteiger partial charge in [0.25, 0.3) is 5.91 Å². The zero-order valence-electron chi connectivity index (χ0n) is 14.3. The number of hydrogen-bond donors (Lipinski definition) is 1. The third-order valence-electron chi connectivity index (χ3n) is 3.06. The molecule has 0 radical (unpaired) electrons. The van der Waals surface area contributed by atoms with E-state index in [9.17, 15) is 4.79 Å². The number of amides is 1. The Labute approximate surface area is 145 Å². The minimum Gasteiger partial charge on any atom is -0.490 e. The molecule has 24 heavy (non-hydrogen) atoms. The average Bonchev–Trinajstić information content (AvgIpc) is 2.89. The van der Waals surface area contributed by atoms with Gasteiger partial charge in [0, 0.05) is 0 Å². The molecule has 2 aromatic rings. The molecule has 0 fully saturated rings. The minimum atomic E-state index is -0.259. The number of thiazole rings is 1. The molecular weight excluding hydrogens is 326 g/mol. The Hall–Kier alpha value is -2.41. The van der Waals surface area contributed by atoms with Crippen molar-refractivity contribution in [1.29, 1.82) is 0 Å². The quantitative estimate of drug-likeness (QED) is 0.616. The Kier molecular flexibility index (Phi) is 6.31. The second-order valence-electron chi connectivity index (χ2n) is 4.92. The molecule has 0 atom stereocenters. The maximum atomic E-state index is 12.1. The summed E-state index contributed by atoms with van der Waals surface area (Å²) in [6, 6.07) is 5.51. The molecular formula is C17H21N3O3S. The van der Waals surface area contributed by atoms with E-state index in [1.807, 2.05) is 45.9 Å². The van der Waals surface area contributed by atoms with Gasteiger partial charge in [0.2, 0.25) is 0 Å². The SMILES string of the molecule is CCOc1ccc(/C=N/NC(=O)c2sc(C)nc2C)cc1OCC. The first-order valence-corrected chi connectivity index (χ1v) is 8.53. The molecule has 128 valence electrons. The van der Waals surface area contributed by atoms with Gasteiger partial charge < -0.3 is 9.47 Å². The summed E-state index contributed by atoms with van der Waals surface area (Å²) in [5, 5.41) is 4.86. The number of hydrogen-bond acceptors (Lipinski definition) is 6. The second kappa shape index (κ2) is 8.44. The standard InChI is InChI=1S/C17H21N3O3S/c1-5-22-14-8-7-13(9-15(14)23-6-2)10-18-20-17(21)16-11(3)19-12(4)24-16/h7-10H,5-6H2,1-4H3,(H,20,21)/b18-10+. The highest BCUT2D eigenvalue weighted by molar-refractivity contribution is 7.13. The fraction of sp³-hybridized carbons (Fsp3) is 0.353. The van der Waals surface area contributed by atoms with E-state index in [2.05, 4.69) is 15.5 Å². The highest BCUT2D eigenvalue weighted by Crippen LogP contribution is 2.28. The van der Waals surface area contributed by atoms with Gasteiger partial charge >= 0.3 is 0 Å². The van der Waals surface area contributed by atoms with Crippen LogP contribution in [0.1, 0.15) is 39.8 Å². The molecule has 1 aromatic heterocycles. The predicted molar refractivity (Wildman–Crippen MR) is 95.4 cm³/mol. The van der Waals surface area contributed by atoms with E-state index in [0.29, 0.717) is 35.3 Å². The lowest BCUT2D eigenvalue weighted by molar-refractivity contribution is 0.0958. The normalized spacial score (nSPS) is 10.8. The fourth-order valence-corrected chi connectivity index (χ4v) is 2.92. The van der Waals surface area contributed by atoms with Crippen LogP contribution in [0.4, 0.5) is 0 Å². The number of aryl methyl sites for hydroxylation is 2. The van der Waals surface area contributed by atoms with Gasteiger partial charge in [-0.1, -0.05) is 0 Å². The molecule has 1 aromatic carbocycles. The third kappa shape index (κ3) is 4.55. The van der Waals surface area contributed by atoms with Crippen molar-refractivity contribution in [2.75, 3.05) is 13.2 Å². The monoisotopic (exact) mass is 347 g/mol. The van der Waals surface area contributed by atoms with Crippen molar-refractivity contribution < 1.29 is 14.3 Å². The summed E-state index contributed by atoms with van der Waals surface area (Å²) in [7, 11) is 0. The van der Waals surface area contributed by atoms with Crippen molar-refractivity contribution in [3.63, 3.8) is 0 Å². The fourth-order valence-electron chi connectivity index (χ4n) is 2.11. The van der Waals surface area contributed by atoms with E-state index in [4.69, 9.17) is 9.47 Å². The molecule has 1 N–H and O–H groups in total. The van der Waals surface area contributed by atoms with Gasteiger partial charge in [-0.2, -0.15) is 5.10 Å². The summed E-state index contributed by atoms with van der Waals surface area (Å²) in [6.45, 7) is 8.62. The zero-order valence-corrected chi connectivity index (χ0v) is 15.1. The second-order valence-corrected chi connectivity index (χ2v) is 6.12. The third-order valence-corrected chi connectivity index (χ3v) is 4.13. The van der Waals surface area contributed by atoms with Crippen molar-refractivity contribution in [2.45, 2.75) is 27.7 Å². The number of hydrazone groups is 1. The number of carbonyl (C=O) groups excluding carboxylic acids is 1. The smallest absolute Gasteiger partial charge is 0.283 e. The lowest BCUT2D eigenvalue weighted by Gasteiger charge is -2.11. The predicted octanol–water partition coefficient (Wildman–Crippen LogP) is 3.32. The highest BCUT2D eigenvalue weighted by Gasteiger charge is 2.12. The minimum absolute atomic E-state index is 0.259. The van der Waals surface area contributed by atoms with Crippen molar-refractivity contribution in [2.24, 2.45) is 5.10 Å². The topological polar surface area (TPSA) is 72.8 Å². The number of aromatic nitrogens is 1. The number of rotatable bonds is 7. The van der Waals surface area contributed by atoms with Crippen LogP contribution in [-0.2, 0) is 0 Å². The van der Waals surface area contributed by atoms with Gasteiger partial charge in [-0.15, -0.1) is 11.3 Å². The lowest BCUT2D eigenvalue weighted by atomic mass is 10.2.